The Balaban J connectivity index is 1.98. The van der Waals surface area contributed by atoms with Crippen LogP contribution in [0.4, 0.5) is 0 Å². The van der Waals surface area contributed by atoms with Crippen molar-refractivity contribution in [2.75, 3.05) is 13.1 Å². The van der Waals surface area contributed by atoms with Crippen LogP contribution in [0.25, 0.3) is 0 Å². The predicted molar refractivity (Wildman–Crippen MR) is 78.7 cm³/mol. The molecule has 1 fully saturated rings. The quantitative estimate of drug-likeness (QED) is 0.840. The molecule has 112 valence electrons. The molecule has 4 nitrogen and oxygen atoms in total. The van der Waals surface area contributed by atoms with E-state index < -0.39 is 0 Å². The van der Waals surface area contributed by atoms with Gasteiger partial charge >= 0.3 is 0 Å². The molecule has 0 aromatic carbocycles. The fourth-order valence-corrected chi connectivity index (χ4v) is 2.89. The Bertz CT molecular complexity index is 439. The van der Waals surface area contributed by atoms with Gasteiger partial charge < -0.3 is 9.42 Å². The van der Waals surface area contributed by atoms with E-state index in [1.165, 1.54) is 19.3 Å². The van der Waals surface area contributed by atoms with E-state index >= 15 is 0 Å². The average Bonchev–Trinajstić information content (AvgIpc) is 2.80. The molecule has 0 N–H and O–H groups in total. The number of carbonyl (C=O) groups excluding carboxylic acids is 1. The van der Waals surface area contributed by atoms with Crippen LogP contribution in [0.15, 0.2) is 10.6 Å². The summed E-state index contributed by atoms with van der Waals surface area (Å²) in [5.41, 5.74) is 0.461. The van der Waals surface area contributed by atoms with Gasteiger partial charge in [0.05, 0.1) is 0 Å². The Labute approximate surface area is 121 Å². The molecule has 20 heavy (non-hydrogen) atoms. The first kappa shape index (κ1) is 15.1. The molecule has 2 rings (SSSR count). The number of amides is 1. The third kappa shape index (κ3) is 3.62. The molecule has 1 saturated heterocycles. The van der Waals surface area contributed by atoms with E-state index in [4.69, 9.17) is 4.52 Å². The van der Waals surface area contributed by atoms with Crippen LogP contribution in [0, 0.1) is 5.92 Å². The van der Waals surface area contributed by atoms with E-state index in [-0.39, 0.29) is 11.8 Å². The van der Waals surface area contributed by atoms with Crippen molar-refractivity contribution >= 4 is 5.91 Å². The summed E-state index contributed by atoms with van der Waals surface area (Å²) in [5.74, 6) is 1.85. The lowest BCUT2D eigenvalue weighted by Gasteiger charge is -2.19. The summed E-state index contributed by atoms with van der Waals surface area (Å²) >= 11 is 0. The molecule has 1 atom stereocenters. The first-order chi connectivity index (χ1) is 9.61. The monoisotopic (exact) mass is 278 g/mol. The van der Waals surface area contributed by atoms with Crippen LogP contribution < -0.4 is 0 Å². The Morgan fingerprint density at radius 1 is 1.45 bits per heavy atom. The van der Waals surface area contributed by atoms with Crippen molar-refractivity contribution in [3.8, 4) is 0 Å². The van der Waals surface area contributed by atoms with Gasteiger partial charge in [-0.25, -0.2) is 0 Å². The number of hydrogen-bond acceptors (Lipinski definition) is 3. The second kappa shape index (κ2) is 6.91. The van der Waals surface area contributed by atoms with E-state index in [2.05, 4.69) is 12.1 Å². The van der Waals surface area contributed by atoms with E-state index in [1.807, 2.05) is 18.7 Å². The number of aromatic nitrogens is 1. The lowest BCUT2D eigenvalue weighted by Crippen LogP contribution is -2.32. The van der Waals surface area contributed by atoms with Crippen LogP contribution in [0.1, 0.15) is 75.0 Å². The van der Waals surface area contributed by atoms with Gasteiger partial charge in [0, 0.05) is 25.1 Å². The molecule has 0 radical (unpaired) electrons. The molecule has 0 saturated carbocycles. The molecular weight excluding hydrogens is 252 g/mol. The van der Waals surface area contributed by atoms with Gasteiger partial charge in [0.25, 0.3) is 5.91 Å². The van der Waals surface area contributed by atoms with Crippen molar-refractivity contribution < 1.29 is 9.32 Å². The van der Waals surface area contributed by atoms with Gasteiger partial charge in [-0.3, -0.25) is 4.79 Å². The lowest BCUT2D eigenvalue weighted by atomic mass is 9.96. The molecule has 1 unspecified atom stereocenters. The van der Waals surface area contributed by atoms with Crippen LogP contribution in [0.5, 0.6) is 0 Å². The first-order valence-electron chi connectivity index (χ1n) is 7.87. The largest absolute Gasteiger partial charge is 0.360 e. The third-order valence-corrected chi connectivity index (χ3v) is 4.15. The smallest absolute Gasteiger partial charge is 0.276 e. The van der Waals surface area contributed by atoms with Gasteiger partial charge in [0.1, 0.15) is 5.76 Å². The standard InChI is InChI=1S/C16H26N2O2/c1-4-6-13-7-5-9-18(10-8-13)16(19)14-11-15(12(2)3)20-17-14/h11-13H,4-10H2,1-3H3. The summed E-state index contributed by atoms with van der Waals surface area (Å²) in [4.78, 5) is 14.4. The highest BCUT2D eigenvalue weighted by molar-refractivity contribution is 5.92. The molecular formula is C16H26N2O2. The normalized spacial score (nSPS) is 20.2. The topological polar surface area (TPSA) is 46.3 Å². The number of nitrogens with zero attached hydrogens (tertiary/aromatic N) is 2. The van der Waals surface area contributed by atoms with Crippen molar-refractivity contribution in [3.63, 3.8) is 0 Å². The number of likely N-dealkylation sites (tertiary alicyclic amines) is 1. The van der Waals surface area contributed by atoms with E-state index in [0.29, 0.717) is 5.69 Å². The van der Waals surface area contributed by atoms with Crippen LogP contribution in [0.2, 0.25) is 0 Å². The zero-order valence-corrected chi connectivity index (χ0v) is 12.9. The minimum atomic E-state index is 0.0257. The van der Waals surface area contributed by atoms with Crippen molar-refractivity contribution in [2.45, 2.75) is 58.8 Å². The van der Waals surface area contributed by atoms with Gasteiger partial charge in [0.15, 0.2) is 5.69 Å². The molecule has 1 aromatic rings. The summed E-state index contributed by atoms with van der Waals surface area (Å²) in [6.07, 6.45) is 5.98. The van der Waals surface area contributed by atoms with Gasteiger partial charge in [-0.05, 0) is 25.2 Å². The maximum atomic E-state index is 12.5. The van der Waals surface area contributed by atoms with Crippen LogP contribution in [-0.4, -0.2) is 29.1 Å². The third-order valence-electron chi connectivity index (χ3n) is 4.15. The average molecular weight is 278 g/mol. The van der Waals surface area contributed by atoms with Gasteiger partial charge in [-0.15, -0.1) is 0 Å². The predicted octanol–water partition coefficient (Wildman–Crippen LogP) is 3.84. The minimum Gasteiger partial charge on any atom is -0.360 e. The first-order valence-corrected chi connectivity index (χ1v) is 7.87. The van der Waals surface area contributed by atoms with Crippen LogP contribution in [0.3, 0.4) is 0 Å². The molecule has 0 spiro atoms. The van der Waals surface area contributed by atoms with E-state index in [1.54, 1.807) is 6.07 Å². The van der Waals surface area contributed by atoms with Crippen LogP contribution >= 0.6 is 0 Å². The molecule has 0 bridgehead atoms. The minimum absolute atomic E-state index is 0.0257. The van der Waals surface area contributed by atoms with Crippen LogP contribution in [-0.2, 0) is 0 Å². The van der Waals surface area contributed by atoms with Gasteiger partial charge in [-0.1, -0.05) is 38.8 Å². The van der Waals surface area contributed by atoms with E-state index in [9.17, 15) is 4.79 Å². The Hall–Kier alpha value is -1.32. The van der Waals surface area contributed by atoms with Gasteiger partial charge in [0.2, 0.25) is 0 Å². The fourth-order valence-electron chi connectivity index (χ4n) is 2.89. The molecule has 1 aromatic heterocycles. The Kier molecular flexibility index (Phi) is 5.21. The Morgan fingerprint density at radius 3 is 2.90 bits per heavy atom. The molecule has 2 heterocycles. The zero-order valence-electron chi connectivity index (χ0n) is 12.9. The molecule has 1 aliphatic heterocycles. The molecule has 1 aliphatic rings. The summed E-state index contributed by atoms with van der Waals surface area (Å²) in [6, 6.07) is 1.79. The van der Waals surface area contributed by atoms with Gasteiger partial charge in [-0.2, -0.15) is 0 Å². The maximum Gasteiger partial charge on any atom is 0.276 e. The van der Waals surface area contributed by atoms with Crippen molar-refractivity contribution in [1.29, 1.82) is 0 Å². The summed E-state index contributed by atoms with van der Waals surface area (Å²) in [5, 5.41) is 3.93. The number of rotatable bonds is 4. The molecule has 1 amide bonds. The highest BCUT2D eigenvalue weighted by Gasteiger charge is 2.24. The zero-order chi connectivity index (χ0) is 14.5. The number of carbonyl (C=O) groups is 1. The second-order valence-electron chi connectivity index (χ2n) is 6.15. The summed E-state index contributed by atoms with van der Waals surface area (Å²) < 4.78 is 5.23. The summed E-state index contributed by atoms with van der Waals surface area (Å²) in [6.45, 7) is 8.01. The van der Waals surface area contributed by atoms with Crippen molar-refractivity contribution in [3.05, 3.63) is 17.5 Å². The number of hydrogen-bond donors (Lipinski definition) is 0. The molecule has 0 aliphatic carbocycles. The lowest BCUT2D eigenvalue weighted by molar-refractivity contribution is 0.0749. The summed E-state index contributed by atoms with van der Waals surface area (Å²) in [7, 11) is 0. The SMILES string of the molecule is CCCC1CCCN(C(=O)c2cc(C(C)C)on2)CC1. The van der Waals surface area contributed by atoms with E-state index in [0.717, 1.165) is 37.6 Å². The van der Waals surface area contributed by atoms with Crippen molar-refractivity contribution in [1.82, 2.24) is 10.1 Å². The fraction of sp³-hybridized carbons (Fsp3) is 0.750. The molecule has 4 heteroatoms. The highest BCUT2D eigenvalue weighted by Crippen LogP contribution is 2.23. The van der Waals surface area contributed by atoms with Crippen molar-refractivity contribution in [2.24, 2.45) is 5.92 Å². The highest BCUT2D eigenvalue weighted by atomic mass is 16.5. The second-order valence-corrected chi connectivity index (χ2v) is 6.15. The Morgan fingerprint density at radius 2 is 2.25 bits per heavy atom. The maximum absolute atomic E-state index is 12.5.